The first-order valence-electron chi connectivity index (χ1n) is 6.36. The van der Waals surface area contributed by atoms with Gasteiger partial charge in [0, 0.05) is 13.5 Å². The minimum absolute atomic E-state index is 0.0315. The molecule has 4 heteroatoms. The summed E-state index contributed by atoms with van der Waals surface area (Å²) in [6.07, 6.45) is 0.583. The normalized spacial score (nSPS) is 12.5. The third-order valence-electron chi connectivity index (χ3n) is 2.84. The molecule has 0 aliphatic heterocycles. The van der Waals surface area contributed by atoms with E-state index in [4.69, 9.17) is 9.62 Å². The van der Waals surface area contributed by atoms with E-state index < -0.39 is 5.97 Å². The Morgan fingerprint density at radius 1 is 1.21 bits per heavy atom. The molecular weight excluding hydrogens is 244 g/mol. The second-order valence-electron chi connectivity index (χ2n) is 4.69. The number of benzene rings is 1. The van der Waals surface area contributed by atoms with Crippen LogP contribution in [-0.4, -0.2) is 19.2 Å². The van der Waals surface area contributed by atoms with E-state index in [1.807, 2.05) is 19.1 Å². The van der Waals surface area contributed by atoms with Crippen LogP contribution in [0.2, 0.25) is 0 Å². The van der Waals surface area contributed by atoms with E-state index in [1.54, 1.807) is 19.2 Å². The zero-order chi connectivity index (χ0) is 14.3. The van der Waals surface area contributed by atoms with Gasteiger partial charge in [0.2, 0.25) is 0 Å². The summed E-state index contributed by atoms with van der Waals surface area (Å²) in [6.45, 7) is 7.51. The Kier molecular flexibility index (Phi) is 6.53. The quantitative estimate of drug-likeness (QED) is 0.430. The summed E-state index contributed by atoms with van der Waals surface area (Å²) in [6, 6.07) is 7.30. The molecular formula is C15H21O4. The van der Waals surface area contributed by atoms with Gasteiger partial charge in [-0.3, -0.25) is 4.89 Å². The minimum atomic E-state index is -0.503. The molecule has 105 valence electrons. The lowest BCUT2D eigenvalue weighted by Gasteiger charge is -2.08. The predicted molar refractivity (Wildman–Crippen MR) is 72.4 cm³/mol. The molecule has 19 heavy (non-hydrogen) atoms. The van der Waals surface area contributed by atoms with Crippen molar-refractivity contribution in [3.63, 3.8) is 0 Å². The lowest BCUT2D eigenvalue weighted by atomic mass is 10.0. The predicted octanol–water partition coefficient (Wildman–Crippen LogP) is 3.49. The Morgan fingerprint density at radius 2 is 1.84 bits per heavy atom. The van der Waals surface area contributed by atoms with Crippen molar-refractivity contribution in [2.24, 2.45) is 0 Å². The van der Waals surface area contributed by atoms with Gasteiger partial charge in [-0.15, -0.1) is 0 Å². The van der Waals surface area contributed by atoms with E-state index in [9.17, 15) is 4.79 Å². The molecule has 0 heterocycles. The average molecular weight is 265 g/mol. The molecule has 0 aliphatic carbocycles. The number of hydrogen-bond acceptors (Lipinski definition) is 4. The van der Waals surface area contributed by atoms with E-state index in [0.29, 0.717) is 17.9 Å². The van der Waals surface area contributed by atoms with Crippen LogP contribution in [0.1, 0.15) is 49.0 Å². The summed E-state index contributed by atoms with van der Waals surface area (Å²) in [5.41, 5.74) is 1.65. The molecule has 1 aromatic carbocycles. The van der Waals surface area contributed by atoms with Crippen LogP contribution >= 0.6 is 0 Å². The van der Waals surface area contributed by atoms with Gasteiger partial charge in [0.15, 0.2) is 0 Å². The van der Waals surface area contributed by atoms with Crippen LogP contribution in [0.25, 0.3) is 0 Å². The average Bonchev–Trinajstić information content (AvgIpc) is 2.43. The van der Waals surface area contributed by atoms with Crippen molar-refractivity contribution >= 4 is 5.97 Å². The second-order valence-corrected chi connectivity index (χ2v) is 4.69. The van der Waals surface area contributed by atoms with Crippen LogP contribution in [0.5, 0.6) is 0 Å². The van der Waals surface area contributed by atoms with Gasteiger partial charge in [0.05, 0.1) is 11.7 Å². The van der Waals surface area contributed by atoms with E-state index in [2.05, 4.69) is 18.7 Å². The van der Waals surface area contributed by atoms with Crippen LogP contribution in [-0.2, 0) is 14.5 Å². The fraction of sp³-hybridized carbons (Fsp3) is 0.467. The zero-order valence-corrected chi connectivity index (χ0v) is 11.9. The molecule has 1 atom stereocenters. The first kappa shape index (κ1) is 15.7. The highest BCUT2D eigenvalue weighted by Crippen LogP contribution is 2.15. The van der Waals surface area contributed by atoms with Gasteiger partial charge in [-0.25, -0.2) is 4.79 Å². The highest BCUT2D eigenvalue weighted by Gasteiger charge is 2.09. The molecule has 4 nitrogen and oxygen atoms in total. The number of rotatable bonds is 7. The summed E-state index contributed by atoms with van der Waals surface area (Å²) in [7, 11) is 1.61. The van der Waals surface area contributed by atoms with Crippen LogP contribution in [0.15, 0.2) is 24.3 Å². The summed E-state index contributed by atoms with van der Waals surface area (Å²) < 4.78 is 5.03. The fourth-order valence-corrected chi connectivity index (χ4v) is 1.40. The Labute approximate surface area is 114 Å². The molecule has 0 saturated heterocycles. The summed E-state index contributed by atoms with van der Waals surface area (Å²) in [4.78, 5) is 21.1. The van der Waals surface area contributed by atoms with Crippen molar-refractivity contribution in [1.29, 1.82) is 0 Å². The summed E-state index contributed by atoms with van der Waals surface area (Å²) >= 11 is 0. The van der Waals surface area contributed by atoms with Gasteiger partial charge < -0.3 is 4.74 Å². The SMILES string of the molecule is COC(C)C[CH]OOC(=O)c1ccc(C(C)C)cc1. The molecule has 0 aromatic heterocycles. The highest BCUT2D eigenvalue weighted by atomic mass is 17.2. The molecule has 0 amide bonds. The number of carbonyl (C=O) groups excluding carboxylic acids is 1. The van der Waals surface area contributed by atoms with Crippen molar-refractivity contribution in [3.05, 3.63) is 42.0 Å². The van der Waals surface area contributed by atoms with Gasteiger partial charge in [-0.2, -0.15) is 4.89 Å². The van der Waals surface area contributed by atoms with E-state index in [0.717, 1.165) is 0 Å². The molecule has 1 radical (unpaired) electrons. The molecule has 0 aliphatic rings. The first-order valence-corrected chi connectivity index (χ1v) is 6.36. The molecule has 0 fully saturated rings. The zero-order valence-electron chi connectivity index (χ0n) is 11.9. The molecule has 1 rings (SSSR count). The van der Waals surface area contributed by atoms with Crippen LogP contribution in [0.4, 0.5) is 0 Å². The third-order valence-corrected chi connectivity index (χ3v) is 2.84. The van der Waals surface area contributed by atoms with Crippen molar-refractivity contribution in [2.75, 3.05) is 7.11 Å². The van der Waals surface area contributed by atoms with Gasteiger partial charge in [-0.05, 0) is 30.5 Å². The lowest BCUT2D eigenvalue weighted by Crippen LogP contribution is -2.09. The molecule has 1 aromatic rings. The summed E-state index contributed by atoms with van der Waals surface area (Å²) in [5.74, 6) is -0.0678. The number of ether oxygens (including phenoxy) is 1. The smallest absolute Gasteiger partial charge is 0.373 e. The topological polar surface area (TPSA) is 44.8 Å². The standard InChI is InChI=1S/C15H21O4/c1-11(2)13-5-7-14(8-6-13)15(16)19-18-10-9-12(3)17-4/h5-8,10-12H,9H2,1-4H3. The molecule has 0 spiro atoms. The third kappa shape index (κ3) is 5.41. The van der Waals surface area contributed by atoms with Crippen molar-refractivity contribution in [1.82, 2.24) is 0 Å². The lowest BCUT2D eigenvalue weighted by molar-refractivity contribution is -0.215. The van der Waals surface area contributed by atoms with E-state index in [1.165, 1.54) is 12.2 Å². The maximum atomic E-state index is 11.6. The monoisotopic (exact) mass is 265 g/mol. The van der Waals surface area contributed by atoms with Crippen LogP contribution < -0.4 is 0 Å². The minimum Gasteiger partial charge on any atom is -0.382 e. The fourth-order valence-electron chi connectivity index (χ4n) is 1.40. The molecule has 1 unspecified atom stereocenters. The van der Waals surface area contributed by atoms with Crippen molar-refractivity contribution in [3.8, 4) is 0 Å². The largest absolute Gasteiger partial charge is 0.382 e. The number of methoxy groups -OCH3 is 1. The maximum Gasteiger partial charge on any atom is 0.373 e. The van der Waals surface area contributed by atoms with Gasteiger partial charge in [0.25, 0.3) is 0 Å². The van der Waals surface area contributed by atoms with Crippen LogP contribution in [0, 0.1) is 6.61 Å². The Bertz CT molecular complexity index is 384. The number of hydrogen-bond donors (Lipinski definition) is 0. The number of carbonyl (C=O) groups is 1. The maximum absolute atomic E-state index is 11.6. The molecule has 0 bridgehead atoms. The van der Waals surface area contributed by atoms with E-state index >= 15 is 0 Å². The van der Waals surface area contributed by atoms with E-state index in [-0.39, 0.29) is 6.10 Å². The molecule has 0 saturated carbocycles. The Balaban J connectivity index is 2.37. The van der Waals surface area contributed by atoms with Crippen molar-refractivity contribution < 1.29 is 19.3 Å². The first-order chi connectivity index (χ1) is 9.04. The Hall–Kier alpha value is -1.39. The summed E-state index contributed by atoms with van der Waals surface area (Å²) in [5, 5.41) is 0. The molecule has 0 N–H and O–H groups in total. The van der Waals surface area contributed by atoms with Crippen molar-refractivity contribution in [2.45, 2.75) is 39.2 Å². The van der Waals surface area contributed by atoms with Gasteiger partial charge in [0.1, 0.15) is 6.61 Å². The van der Waals surface area contributed by atoms with Crippen LogP contribution in [0.3, 0.4) is 0 Å². The Morgan fingerprint density at radius 3 is 2.37 bits per heavy atom. The van der Waals surface area contributed by atoms with Gasteiger partial charge in [-0.1, -0.05) is 26.0 Å². The second kappa shape index (κ2) is 7.92. The van der Waals surface area contributed by atoms with Gasteiger partial charge >= 0.3 is 5.97 Å². The highest BCUT2D eigenvalue weighted by molar-refractivity contribution is 5.88.